The Hall–Kier alpha value is 0. The van der Waals surface area contributed by atoms with Crippen LogP contribution < -0.4 is 0 Å². The Balaban J connectivity index is 1.53. The summed E-state index contributed by atoms with van der Waals surface area (Å²) in [7, 11) is 0. The standard InChI is InChI=1S/C16H30/c1-2-6-15-11-12-16(13-15)10-5-9-14-7-3-4-8-14/h14-16H,2-13H2,1H3. The van der Waals surface area contributed by atoms with Crippen LogP contribution in [-0.4, -0.2) is 0 Å². The highest BCUT2D eigenvalue weighted by Gasteiger charge is 2.24. The fraction of sp³-hybridized carbons (Fsp3) is 1.00. The molecule has 2 saturated carbocycles. The SMILES string of the molecule is CCCC1CCC(CCCC2CCCC2)C1. The molecule has 0 radical (unpaired) electrons. The second-order valence-corrected chi connectivity index (χ2v) is 6.42. The zero-order valence-electron chi connectivity index (χ0n) is 11.2. The van der Waals surface area contributed by atoms with Crippen LogP contribution in [0.4, 0.5) is 0 Å². The van der Waals surface area contributed by atoms with Crippen LogP contribution in [0.5, 0.6) is 0 Å². The van der Waals surface area contributed by atoms with Crippen molar-refractivity contribution in [2.45, 2.75) is 84.0 Å². The van der Waals surface area contributed by atoms with E-state index >= 15 is 0 Å². The zero-order valence-corrected chi connectivity index (χ0v) is 11.2. The molecule has 0 bridgehead atoms. The third kappa shape index (κ3) is 3.79. The van der Waals surface area contributed by atoms with Crippen LogP contribution in [0.3, 0.4) is 0 Å². The molecule has 2 aliphatic rings. The van der Waals surface area contributed by atoms with Crippen molar-refractivity contribution in [3.63, 3.8) is 0 Å². The van der Waals surface area contributed by atoms with Gasteiger partial charge in [0.2, 0.25) is 0 Å². The van der Waals surface area contributed by atoms with Gasteiger partial charge in [-0.2, -0.15) is 0 Å². The fourth-order valence-corrected chi connectivity index (χ4v) is 4.11. The average molecular weight is 222 g/mol. The third-order valence-corrected chi connectivity index (χ3v) is 5.05. The molecule has 0 aliphatic heterocycles. The second-order valence-electron chi connectivity index (χ2n) is 6.42. The molecule has 2 atom stereocenters. The van der Waals surface area contributed by atoms with Gasteiger partial charge in [-0.15, -0.1) is 0 Å². The number of hydrogen-bond donors (Lipinski definition) is 0. The van der Waals surface area contributed by atoms with Crippen molar-refractivity contribution in [3.05, 3.63) is 0 Å². The molecule has 0 aromatic rings. The van der Waals surface area contributed by atoms with Gasteiger partial charge in [0.05, 0.1) is 0 Å². The molecule has 2 aliphatic carbocycles. The summed E-state index contributed by atoms with van der Waals surface area (Å²) in [5, 5.41) is 0. The molecule has 94 valence electrons. The smallest absolute Gasteiger partial charge is 0.0412 e. The number of rotatable bonds is 6. The first-order valence-electron chi connectivity index (χ1n) is 7.88. The van der Waals surface area contributed by atoms with Gasteiger partial charge in [-0.25, -0.2) is 0 Å². The molecule has 0 aromatic carbocycles. The maximum Gasteiger partial charge on any atom is -0.0412 e. The highest BCUT2D eigenvalue weighted by molar-refractivity contribution is 4.76. The van der Waals surface area contributed by atoms with Gasteiger partial charge in [0.15, 0.2) is 0 Å². The van der Waals surface area contributed by atoms with Crippen LogP contribution in [0.1, 0.15) is 84.0 Å². The molecule has 0 saturated heterocycles. The lowest BCUT2D eigenvalue weighted by Gasteiger charge is -2.13. The van der Waals surface area contributed by atoms with Crippen LogP contribution in [0.25, 0.3) is 0 Å². The maximum atomic E-state index is 2.34. The average Bonchev–Trinajstić information content (AvgIpc) is 2.90. The fourth-order valence-electron chi connectivity index (χ4n) is 4.11. The maximum absolute atomic E-state index is 2.34. The van der Waals surface area contributed by atoms with Crippen molar-refractivity contribution in [3.8, 4) is 0 Å². The monoisotopic (exact) mass is 222 g/mol. The molecule has 0 heteroatoms. The lowest BCUT2D eigenvalue weighted by atomic mass is 9.93. The molecule has 0 amide bonds. The highest BCUT2D eigenvalue weighted by atomic mass is 14.3. The summed E-state index contributed by atoms with van der Waals surface area (Å²) in [5.41, 5.74) is 0. The van der Waals surface area contributed by atoms with E-state index < -0.39 is 0 Å². The normalized spacial score (nSPS) is 31.3. The van der Waals surface area contributed by atoms with E-state index in [1.807, 2.05) is 0 Å². The molecule has 2 unspecified atom stereocenters. The van der Waals surface area contributed by atoms with Crippen molar-refractivity contribution >= 4 is 0 Å². The van der Waals surface area contributed by atoms with E-state index in [1.165, 1.54) is 32.1 Å². The Morgan fingerprint density at radius 2 is 1.38 bits per heavy atom. The van der Waals surface area contributed by atoms with Crippen molar-refractivity contribution in [2.75, 3.05) is 0 Å². The summed E-state index contributed by atoms with van der Waals surface area (Å²) in [4.78, 5) is 0. The van der Waals surface area contributed by atoms with E-state index in [0.717, 1.165) is 17.8 Å². The molecule has 0 heterocycles. The summed E-state index contributed by atoms with van der Waals surface area (Å²) in [6.07, 6.45) is 18.3. The molecule has 0 aromatic heterocycles. The van der Waals surface area contributed by atoms with Crippen LogP contribution >= 0.6 is 0 Å². The van der Waals surface area contributed by atoms with Gasteiger partial charge in [-0.05, 0) is 24.2 Å². The predicted molar refractivity (Wildman–Crippen MR) is 71.5 cm³/mol. The van der Waals surface area contributed by atoms with Gasteiger partial charge in [0, 0.05) is 0 Å². The Bertz CT molecular complexity index is 178. The van der Waals surface area contributed by atoms with E-state index in [-0.39, 0.29) is 0 Å². The molecule has 16 heavy (non-hydrogen) atoms. The Kier molecular flexibility index (Phi) is 5.19. The molecule has 0 N–H and O–H groups in total. The summed E-state index contributed by atoms with van der Waals surface area (Å²) >= 11 is 0. The van der Waals surface area contributed by atoms with Gasteiger partial charge < -0.3 is 0 Å². The lowest BCUT2D eigenvalue weighted by Crippen LogP contribution is -1.99. The van der Waals surface area contributed by atoms with E-state index in [1.54, 1.807) is 44.9 Å². The van der Waals surface area contributed by atoms with Crippen molar-refractivity contribution in [1.82, 2.24) is 0 Å². The van der Waals surface area contributed by atoms with Gasteiger partial charge in [-0.1, -0.05) is 77.6 Å². The quantitative estimate of drug-likeness (QED) is 0.551. The Morgan fingerprint density at radius 1 is 0.750 bits per heavy atom. The minimum Gasteiger partial charge on any atom is -0.0654 e. The van der Waals surface area contributed by atoms with E-state index in [2.05, 4.69) is 6.92 Å². The van der Waals surface area contributed by atoms with Crippen LogP contribution in [0.15, 0.2) is 0 Å². The van der Waals surface area contributed by atoms with Gasteiger partial charge in [0.1, 0.15) is 0 Å². The van der Waals surface area contributed by atoms with E-state index in [9.17, 15) is 0 Å². The Morgan fingerprint density at radius 3 is 2.06 bits per heavy atom. The summed E-state index contributed by atoms with van der Waals surface area (Å²) in [6.45, 7) is 2.34. The van der Waals surface area contributed by atoms with Crippen molar-refractivity contribution in [1.29, 1.82) is 0 Å². The summed E-state index contributed by atoms with van der Waals surface area (Å²) in [6, 6.07) is 0. The molecule has 0 nitrogen and oxygen atoms in total. The van der Waals surface area contributed by atoms with E-state index in [0.29, 0.717) is 0 Å². The van der Waals surface area contributed by atoms with Crippen molar-refractivity contribution < 1.29 is 0 Å². The first kappa shape index (κ1) is 12.5. The predicted octanol–water partition coefficient (Wildman–Crippen LogP) is 5.56. The van der Waals surface area contributed by atoms with E-state index in [4.69, 9.17) is 0 Å². The van der Waals surface area contributed by atoms with Crippen molar-refractivity contribution in [2.24, 2.45) is 17.8 Å². The highest BCUT2D eigenvalue weighted by Crippen LogP contribution is 2.37. The van der Waals surface area contributed by atoms with Gasteiger partial charge >= 0.3 is 0 Å². The molecule has 2 rings (SSSR count). The van der Waals surface area contributed by atoms with Gasteiger partial charge in [0.25, 0.3) is 0 Å². The lowest BCUT2D eigenvalue weighted by molar-refractivity contribution is 0.398. The topological polar surface area (TPSA) is 0 Å². The minimum absolute atomic E-state index is 1.10. The molecule has 0 spiro atoms. The first-order valence-corrected chi connectivity index (χ1v) is 7.88. The summed E-state index contributed by atoms with van der Waals surface area (Å²) in [5.74, 6) is 3.33. The van der Waals surface area contributed by atoms with Gasteiger partial charge in [-0.3, -0.25) is 0 Å². The Labute approximate surface area is 102 Å². The number of hydrogen-bond acceptors (Lipinski definition) is 0. The largest absolute Gasteiger partial charge is 0.0654 e. The third-order valence-electron chi connectivity index (χ3n) is 5.05. The second kappa shape index (κ2) is 6.67. The first-order chi connectivity index (χ1) is 7.88. The van der Waals surface area contributed by atoms with Crippen LogP contribution in [0, 0.1) is 17.8 Å². The summed E-state index contributed by atoms with van der Waals surface area (Å²) < 4.78 is 0. The molecule has 2 fully saturated rings. The van der Waals surface area contributed by atoms with Crippen LogP contribution in [-0.2, 0) is 0 Å². The van der Waals surface area contributed by atoms with Crippen LogP contribution in [0.2, 0.25) is 0 Å². The molecular weight excluding hydrogens is 192 g/mol. The minimum atomic E-state index is 1.10. The zero-order chi connectivity index (χ0) is 11.2. The molecular formula is C16H30.